The number of para-hydroxylation sites is 5. The number of ether oxygens (including phenoxy) is 1. The summed E-state index contributed by atoms with van der Waals surface area (Å²) >= 11 is 0. The average molecular weight is 717 g/mol. The van der Waals surface area contributed by atoms with Gasteiger partial charge in [0, 0.05) is 28.1 Å². The van der Waals surface area contributed by atoms with E-state index in [0.717, 1.165) is 84.1 Å². The second-order valence-corrected chi connectivity index (χ2v) is 14.5. The van der Waals surface area contributed by atoms with Crippen LogP contribution < -0.4 is 10.5 Å². The topological polar surface area (TPSA) is 76.9 Å². The van der Waals surface area contributed by atoms with Gasteiger partial charge in [-0.1, -0.05) is 121 Å². The number of nitriles is 1. The fourth-order valence-corrected chi connectivity index (χ4v) is 9.11. The highest BCUT2D eigenvalue weighted by atomic mass is 16.5. The molecular weight excluding hydrogens is 685 g/mol. The number of hydrogen-bond acceptors (Lipinski definition) is 4. The van der Waals surface area contributed by atoms with Crippen LogP contribution >= 0.6 is 0 Å². The number of imidazole rings is 1. The first kappa shape index (κ1) is 31.8. The molecule has 56 heavy (non-hydrogen) atoms. The molecule has 1 spiro atoms. The summed E-state index contributed by atoms with van der Waals surface area (Å²) in [5, 5.41) is 9.94. The molecule has 0 fully saturated rings. The second kappa shape index (κ2) is 12.2. The number of nitrogen functional groups attached to an aromatic ring is 1. The highest BCUT2D eigenvalue weighted by molar-refractivity contribution is 5.98. The monoisotopic (exact) mass is 716 g/mol. The van der Waals surface area contributed by atoms with Crippen LogP contribution in [0.3, 0.4) is 0 Å². The maximum atomic E-state index is 9.94. The third-order valence-electron chi connectivity index (χ3n) is 11.4. The first-order chi connectivity index (χ1) is 27.6. The van der Waals surface area contributed by atoms with Gasteiger partial charge < -0.3 is 10.5 Å². The van der Waals surface area contributed by atoms with Gasteiger partial charge >= 0.3 is 0 Å². The van der Waals surface area contributed by atoms with Crippen molar-refractivity contribution in [2.45, 2.75) is 5.41 Å². The Morgan fingerprint density at radius 2 is 1.20 bits per heavy atom. The molecule has 0 unspecified atom stereocenters. The molecule has 2 N–H and O–H groups in total. The lowest BCUT2D eigenvalue weighted by Crippen LogP contribution is -2.32. The van der Waals surface area contributed by atoms with E-state index in [1.54, 1.807) is 6.07 Å². The maximum Gasteiger partial charge on any atom is 0.145 e. The van der Waals surface area contributed by atoms with Crippen molar-refractivity contribution >= 4 is 16.7 Å². The van der Waals surface area contributed by atoms with Gasteiger partial charge in [-0.2, -0.15) is 5.26 Å². The molecule has 9 aromatic rings. The SMILES string of the molecule is N#Cc1cc(N)cc(-c2cccc3c2-c2cc(-c4ccc(-c5nc6ccccc6n5-c5ccccc5)cc4)ccc2C32c3ccccc3Oc3ccccc32)c1. The van der Waals surface area contributed by atoms with Gasteiger partial charge in [-0.05, 0) is 105 Å². The number of hydrogen-bond donors (Lipinski definition) is 1. The Morgan fingerprint density at radius 1 is 0.536 bits per heavy atom. The number of aromatic nitrogens is 2. The first-order valence-electron chi connectivity index (χ1n) is 18.7. The molecular formula is C51H32N4O. The molecule has 1 aliphatic heterocycles. The standard InChI is InChI=1S/C51H32N4O/c52-31-32-27-36(29-37(53)28-32)39-13-10-16-44-49(39)40-30-35(25-26-41(40)51(44)42-14-4-8-19-47(42)56-48-20-9-5-15-43(48)51)33-21-23-34(24-22-33)50-54-45-17-6-7-18-46(45)55(50)38-11-2-1-3-12-38/h1-30H,53H2. The molecule has 262 valence electrons. The molecule has 0 saturated heterocycles. The largest absolute Gasteiger partial charge is 0.457 e. The summed E-state index contributed by atoms with van der Waals surface area (Å²) < 4.78 is 8.82. The average Bonchev–Trinajstić information content (AvgIpc) is 3.78. The van der Waals surface area contributed by atoms with E-state index in [4.69, 9.17) is 15.5 Å². The molecule has 5 heteroatoms. The molecule has 2 heterocycles. The summed E-state index contributed by atoms with van der Waals surface area (Å²) in [6.07, 6.45) is 0. The van der Waals surface area contributed by atoms with E-state index in [9.17, 15) is 5.26 Å². The fraction of sp³-hybridized carbons (Fsp3) is 0.0196. The van der Waals surface area contributed by atoms with E-state index in [-0.39, 0.29) is 0 Å². The zero-order valence-corrected chi connectivity index (χ0v) is 30.1. The minimum atomic E-state index is -0.636. The Labute approximate surface area is 324 Å². The van der Waals surface area contributed by atoms with Crippen molar-refractivity contribution in [1.82, 2.24) is 9.55 Å². The van der Waals surface area contributed by atoms with Crippen LogP contribution in [0.2, 0.25) is 0 Å². The van der Waals surface area contributed by atoms with Gasteiger partial charge in [0.2, 0.25) is 0 Å². The van der Waals surface area contributed by atoms with Crippen LogP contribution in [-0.4, -0.2) is 9.55 Å². The Morgan fingerprint density at radius 3 is 1.96 bits per heavy atom. The van der Waals surface area contributed by atoms with Crippen molar-refractivity contribution in [1.29, 1.82) is 5.26 Å². The third kappa shape index (κ3) is 4.57. The molecule has 0 radical (unpaired) electrons. The van der Waals surface area contributed by atoms with Crippen LogP contribution in [0.25, 0.3) is 61.5 Å². The lowest BCUT2D eigenvalue weighted by Gasteiger charge is -2.39. The van der Waals surface area contributed by atoms with Crippen molar-refractivity contribution < 1.29 is 4.74 Å². The maximum absolute atomic E-state index is 9.94. The summed E-state index contributed by atoms with van der Waals surface area (Å²) in [7, 11) is 0. The number of nitrogens with two attached hydrogens (primary N) is 1. The quantitative estimate of drug-likeness (QED) is 0.184. The summed E-state index contributed by atoms with van der Waals surface area (Å²) in [6, 6.07) is 65.5. The molecule has 1 aliphatic carbocycles. The minimum absolute atomic E-state index is 0.530. The molecule has 0 bridgehead atoms. The Kier molecular flexibility index (Phi) is 6.92. The molecule has 11 rings (SSSR count). The van der Waals surface area contributed by atoms with Gasteiger partial charge in [0.05, 0.1) is 28.1 Å². The van der Waals surface area contributed by atoms with Crippen molar-refractivity contribution in [3.8, 4) is 68.0 Å². The second-order valence-electron chi connectivity index (χ2n) is 14.5. The van der Waals surface area contributed by atoms with Crippen LogP contribution in [0.1, 0.15) is 27.8 Å². The highest BCUT2D eigenvalue weighted by Crippen LogP contribution is 2.63. The summed E-state index contributed by atoms with van der Waals surface area (Å²) in [5.74, 6) is 2.58. The molecule has 0 atom stereocenters. The van der Waals surface area contributed by atoms with Crippen LogP contribution in [-0.2, 0) is 5.41 Å². The van der Waals surface area contributed by atoms with Crippen molar-refractivity contribution in [3.63, 3.8) is 0 Å². The number of nitrogens with zero attached hydrogens (tertiary/aromatic N) is 3. The van der Waals surface area contributed by atoms with Gasteiger partial charge in [0.1, 0.15) is 17.3 Å². The number of fused-ring (bicyclic) bond motifs is 10. The summed E-state index contributed by atoms with van der Waals surface area (Å²) in [5.41, 5.74) is 21.9. The van der Waals surface area contributed by atoms with E-state index in [1.165, 1.54) is 11.1 Å². The third-order valence-corrected chi connectivity index (χ3v) is 11.4. The summed E-state index contributed by atoms with van der Waals surface area (Å²) in [4.78, 5) is 5.10. The Balaban J connectivity index is 1.13. The normalized spacial score (nSPS) is 13.0. The molecule has 5 nitrogen and oxygen atoms in total. The zero-order chi connectivity index (χ0) is 37.4. The van der Waals surface area contributed by atoms with Gasteiger partial charge in [0.15, 0.2) is 0 Å². The molecule has 0 amide bonds. The molecule has 1 aromatic heterocycles. The predicted molar refractivity (Wildman–Crippen MR) is 224 cm³/mol. The lowest BCUT2D eigenvalue weighted by atomic mass is 9.66. The fourth-order valence-electron chi connectivity index (χ4n) is 9.11. The Hall–Kier alpha value is -7.68. The minimum Gasteiger partial charge on any atom is -0.457 e. The smallest absolute Gasteiger partial charge is 0.145 e. The van der Waals surface area contributed by atoms with Crippen molar-refractivity contribution in [2.24, 2.45) is 0 Å². The van der Waals surface area contributed by atoms with E-state index in [1.807, 2.05) is 36.4 Å². The van der Waals surface area contributed by atoms with Crippen molar-refractivity contribution in [3.05, 3.63) is 210 Å². The molecule has 0 saturated carbocycles. The van der Waals surface area contributed by atoms with Crippen molar-refractivity contribution in [2.75, 3.05) is 5.73 Å². The van der Waals surface area contributed by atoms with Gasteiger partial charge in [-0.25, -0.2) is 4.98 Å². The van der Waals surface area contributed by atoms with E-state index < -0.39 is 5.41 Å². The van der Waals surface area contributed by atoms with Gasteiger partial charge in [-0.3, -0.25) is 4.57 Å². The van der Waals surface area contributed by atoms with Crippen LogP contribution in [0.4, 0.5) is 5.69 Å². The summed E-state index contributed by atoms with van der Waals surface area (Å²) in [6.45, 7) is 0. The number of benzene rings is 8. The first-order valence-corrected chi connectivity index (χ1v) is 18.7. The molecule has 2 aliphatic rings. The van der Waals surface area contributed by atoms with E-state index in [2.05, 4.69) is 150 Å². The zero-order valence-electron chi connectivity index (χ0n) is 30.1. The highest BCUT2D eigenvalue weighted by Gasteiger charge is 2.51. The van der Waals surface area contributed by atoms with Crippen LogP contribution in [0.15, 0.2) is 182 Å². The number of anilines is 1. The number of rotatable bonds is 4. The van der Waals surface area contributed by atoms with E-state index >= 15 is 0 Å². The van der Waals surface area contributed by atoms with E-state index in [0.29, 0.717) is 11.3 Å². The van der Waals surface area contributed by atoms with Gasteiger partial charge in [-0.15, -0.1) is 0 Å². The molecule has 8 aromatic carbocycles. The van der Waals surface area contributed by atoms with Crippen LogP contribution in [0.5, 0.6) is 11.5 Å². The van der Waals surface area contributed by atoms with Crippen LogP contribution in [0, 0.1) is 11.3 Å². The lowest BCUT2D eigenvalue weighted by molar-refractivity contribution is 0.436. The predicted octanol–water partition coefficient (Wildman–Crippen LogP) is 11.9. The van der Waals surface area contributed by atoms with Gasteiger partial charge in [0.25, 0.3) is 0 Å². The Bertz CT molecular complexity index is 3040.